The predicted octanol–water partition coefficient (Wildman–Crippen LogP) is 8.57. The van der Waals surface area contributed by atoms with Crippen molar-refractivity contribution in [1.29, 1.82) is 0 Å². The van der Waals surface area contributed by atoms with Crippen molar-refractivity contribution in [1.82, 2.24) is 0 Å². The number of para-hydroxylation sites is 3. The smallest absolute Gasteiger partial charge is 0.475 e. The zero-order valence-corrected chi connectivity index (χ0v) is 36.3. The van der Waals surface area contributed by atoms with Crippen molar-refractivity contribution in [2.75, 3.05) is 13.2 Å². The first-order chi connectivity index (χ1) is 30.1. The van der Waals surface area contributed by atoms with E-state index in [2.05, 4.69) is 4.74 Å². The largest absolute Gasteiger partial charge is 0.478 e. The third-order valence-electron chi connectivity index (χ3n) is 8.18. The fourth-order valence-electron chi connectivity index (χ4n) is 5.43. The summed E-state index contributed by atoms with van der Waals surface area (Å²) in [6.07, 6.45) is 0.361. The summed E-state index contributed by atoms with van der Waals surface area (Å²) in [6, 6.07) is 33.6. The van der Waals surface area contributed by atoms with E-state index in [1.165, 1.54) is 32.9 Å². The van der Waals surface area contributed by atoms with Gasteiger partial charge in [-0.25, -0.2) is 9.36 Å². The summed E-state index contributed by atoms with van der Waals surface area (Å²) in [7, 11) is -3.57. The number of benzene rings is 5. The molecule has 0 spiro atoms. The highest BCUT2D eigenvalue weighted by atomic mass is 31.2. The zero-order valence-electron chi connectivity index (χ0n) is 35.4. The van der Waals surface area contributed by atoms with Crippen molar-refractivity contribution in [3.63, 3.8) is 0 Å². The van der Waals surface area contributed by atoms with Crippen LogP contribution < -0.4 is 14.2 Å². The monoisotopic (exact) mass is 884 g/mol. The van der Waals surface area contributed by atoms with Gasteiger partial charge in [-0.2, -0.15) is 0 Å². The Morgan fingerprint density at radius 2 is 0.810 bits per heavy atom. The third-order valence-corrected chi connectivity index (χ3v) is 9.77. The van der Waals surface area contributed by atoms with Gasteiger partial charge in [0.05, 0.1) is 37.6 Å². The predicted molar refractivity (Wildman–Crippen MR) is 231 cm³/mol. The Morgan fingerprint density at radius 1 is 0.476 bits per heavy atom. The summed E-state index contributed by atoms with van der Waals surface area (Å²) in [6.45, 7) is 7.69. The number of hydrogen-bond acceptors (Lipinski definition) is 14. The number of phosphoric acid groups is 1. The fourth-order valence-corrected chi connectivity index (χ4v) is 6.59. The number of aliphatic hydroxyl groups is 1. The Morgan fingerprint density at radius 3 is 1.16 bits per heavy atom. The van der Waals surface area contributed by atoms with E-state index >= 15 is 0 Å². The highest BCUT2D eigenvalue weighted by Crippen LogP contribution is 2.49. The molecule has 0 amide bonds. The molecule has 0 saturated carbocycles. The molecule has 0 aliphatic rings. The van der Waals surface area contributed by atoms with E-state index in [9.17, 15) is 33.3 Å². The van der Waals surface area contributed by atoms with Crippen LogP contribution in [0.5, 0.6) is 17.2 Å². The topological polar surface area (TPSA) is 215 Å². The number of rotatable bonds is 18. The summed E-state index contributed by atoms with van der Waals surface area (Å²) in [4.78, 5) is 68.4. The number of carboxylic acids is 1. The number of ketones is 2. The standard InChI is InChI=1S/C21H25O7P.C17H16O4.C9H8O4/c1-4-25-29(24,26-5-2)27-15-18-12-10-17(11-13-18)14-20(23)19-8-6-7-9-21(19)28-16(3)22;1-12(19)21-17-5-3-2-4-15(17)16(20)10-13-6-8-14(11-18)9-7-13;1-6(10)13-8-5-3-2-4-7(8)9(11)12/h6-13H,4-5,14-15H2,1-3H3;2-9,18H,10-11H2,1H3;2-5H,1H3,(H,11,12). The number of hydrogen-bond donors (Lipinski definition) is 2. The van der Waals surface area contributed by atoms with Gasteiger partial charge in [0.15, 0.2) is 11.6 Å². The Kier molecular flexibility index (Phi) is 20.9. The normalized spacial score (nSPS) is 10.5. The van der Waals surface area contributed by atoms with Crippen LogP contribution in [0.25, 0.3) is 0 Å². The first kappa shape index (κ1) is 50.7. The van der Waals surface area contributed by atoms with Gasteiger partial charge >= 0.3 is 31.7 Å². The van der Waals surface area contributed by atoms with Crippen molar-refractivity contribution in [2.24, 2.45) is 0 Å². The molecule has 0 saturated heterocycles. The van der Waals surface area contributed by atoms with E-state index in [0.29, 0.717) is 11.1 Å². The molecule has 0 fully saturated rings. The minimum absolute atomic E-state index is 0.0160. The van der Waals surface area contributed by atoms with Crippen molar-refractivity contribution >= 4 is 43.3 Å². The van der Waals surface area contributed by atoms with Crippen molar-refractivity contribution < 1.29 is 71.3 Å². The average molecular weight is 885 g/mol. The van der Waals surface area contributed by atoms with E-state index in [1.807, 2.05) is 0 Å². The first-order valence-electron chi connectivity index (χ1n) is 19.5. The van der Waals surface area contributed by atoms with Gasteiger partial charge in [0.25, 0.3) is 0 Å². The van der Waals surface area contributed by atoms with Gasteiger partial charge in [-0.1, -0.05) is 84.9 Å². The first-order valence-corrected chi connectivity index (χ1v) is 21.0. The Bertz CT molecular complexity index is 2360. The van der Waals surface area contributed by atoms with Crippen LogP contribution in [0.2, 0.25) is 0 Å². The lowest BCUT2D eigenvalue weighted by molar-refractivity contribution is -0.132. The molecule has 0 aliphatic carbocycles. The summed E-state index contributed by atoms with van der Waals surface area (Å²) in [5, 5.41) is 17.7. The molecular formula is C47H49O15P. The molecule has 5 aromatic rings. The molecule has 332 valence electrons. The number of aliphatic hydroxyl groups excluding tert-OH is 1. The molecule has 5 aromatic carbocycles. The van der Waals surface area contributed by atoms with Crippen molar-refractivity contribution in [3.8, 4) is 17.2 Å². The van der Waals surface area contributed by atoms with Crippen LogP contribution in [0.4, 0.5) is 0 Å². The second kappa shape index (κ2) is 26.0. The Balaban J connectivity index is 0.000000271. The molecular weight excluding hydrogens is 835 g/mol. The van der Waals surface area contributed by atoms with Crippen LogP contribution >= 0.6 is 7.82 Å². The van der Waals surface area contributed by atoms with Gasteiger partial charge in [-0.05, 0) is 72.5 Å². The van der Waals surface area contributed by atoms with Gasteiger partial charge in [0, 0.05) is 33.6 Å². The summed E-state index contributed by atoms with van der Waals surface area (Å²) in [5.41, 5.74) is 3.91. The van der Waals surface area contributed by atoms with Crippen LogP contribution in [0.1, 0.15) is 87.9 Å². The molecule has 0 heterocycles. The highest BCUT2D eigenvalue weighted by molar-refractivity contribution is 7.48. The van der Waals surface area contributed by atoms with E-state index in [1.54, 1.807) is 123 Å². The number of Topliss-reactive ketones (excluding diaryl/α,β-unsaturated/α-hetero) is 2. The molecule has 63 heavy (non-hydrogen) atoms. The van der Waals surface area contributed by atoms with Crippen LogP contribution in [0.3, 0.4) is 0 Å². The summed E-state index contributed by atoms with van der Waals surface area (Å²) >= 11 is 0. The van der Waals surface area contributed by atoms with E-state index in [-0.39, 0.29) is 73.6 Å². The minimum Gasteiger partial charge on any atom is -0.478 e. The third kappa shape index (κ3) is 17.7. The average Bonchev–Trinajstić information content (AvgIpc) is 3.24. The molecule has 16 heteroatoms. The van der Waals surface area contributed by atoms with E-state index < -0.39 is 31.7 Å². The number of carboxylic acid groups (broad SMARTS) is 1. The molecule has 0 aliphatic heterocycles. The molecule has 0 atom stereocenters. The highest BCUT2D eigenvalue weighted by Gasteiger charge is 2.25. The number of esters is 3. The molecule has 0 bridgehead atoms. The maximum Gasteiger partial charge on any atom is 0.475 e. The SMILES string of the molecule is CC(=O)Oc1ccccc1C(=O)Cc1ccc(CO)cc1.CC(=O)Oc1ccccc1C(=O)O.CCOP(=O)(OCC)OCc1ccc(CC(=O)c2ccccc2OC(C)=O)cc1. The molecule has 0 unspecified atom stereocenters. The Hall–Kier alpha value is -6.61. The fraction of sp³-hybridized carbons (Fsp3) is 0.234. The van der Waals surface area contributed by atoms with Gasteiger partial charge < -0.3 is 24.4 Å². The maximum absolute atomic E-state index is 12.6. The van der Waals surface area contributed by atoms with Gasteiger partial charge in [-0.3, -0.25) is 37.5 Å². The molecule has 15 nitrogen and oxygen atoms in total. The maximum atomic E-state index is 12.6. The van der Waals surface area contributed by atoms with Gasteiger partial charge in [0.2, 0.25) is 0 Å². The number of phosphoric ester groups is 1. The zero-order chi connectivity index (χ0) is 46.4. The minimum atomic E-state index is -3.57. The van der Waals surface area contributed by atoms with Crippen LogP contribution in [-0.2, 0) is 58.6 Å². The number of aromatic carboxylic acids is 1. The quantitative estimate of drug-likeness (QED) is 0.0365. The van der Waals surface area contributed by atoms with Crippen LogP contribution in [0.15, 0.2) is 121 Å². The number of carbonyl (C=O) groups excluding carboxylic acids is 5. The molecule has 0 radical (unpaired) electrons. The van der Waals surface area contributed by atoms with Crippen LogP contribution in [-0.4, -0.2) is 58.9 Å². The Labute approximate surface area is 365 Å². The van der Waals surface area contributed by atoms with Gasteiger partial charge in [-0.15, -0.1) is 0 Å². The lowest BCUT2D eigenvalue weighted by Gasteiger charge is -2.16. The summed E-state index contributed by atoms with van der Waals surface area (Å²) in [5.74, 6) is -2.27. The van der Waals surface area contributed by atoms with Crippen molar-refractivity contribution in [2.45, 2.75) is 60.7 Å². The molecule has 2 N–H and O–H groups in total. The lowest BCUT2D eigenvalue weighted by atomic mass is 10.0. The van der Waals surface area contributed by atoms with E-state index in [4.69, 9.17) is 33.3 Å². The molecule has 5 rings (SSSR count). The second-order valence-electron chi connectivity index (χ2n) is 13.1. The van der Waals surface area contributed by atoms with Gasteiger partial charge in [0.1, 0.15) is 22.8 Å². The molecule has 0 aromatic heterocycles. The number of carbonyl (C=O) groups is 6. The van der Waals surface area contributed by atoms with Crippen LogP contribution in [0, 0.1) is 0 Å². The number of ether oxygens (including phenoxy) is 3. The summed E-state index contributed by atoms with van der Waals surface area (Å²) < 4.78 is 42.7. The van der Waals surface area contributed by atoms with E-state index in [0.717, 1.165) is 22.3 Å². The second-order valence-corrected chi connectivity index (χ2v) is 14.8. The van der Waals surface area contributed by atoms with Crippen molar-refractivity contribution in [3.05, 3.63) is 160 Å². The lowest BCUT2D eigenvalue weighted by Crippen LogP contribution is -2.09.